The summed E-state index contributed by atoms with van der Waals surface area (Å²) in [6.07, 6.45) is 7.08. The van der Waals surface area contributed by atoms with Crippen molar-refractivity contribution in [3.05, 3.63) is 60.4 Å². The number of anilines is 1. The Kier molecular flexibility index (Phi) is 5.30. The van der Waals surface area contributed by atoms with Gasteiger partial charge in [-0.3, -0.25) is 9.67 Å². The second-order valence-corrected chi connectivity index (χ2v) is 6.61. The molecule has 4 aromatic heterocycles. The van der Waals surface area contributed by atoms with Crippen LogP contribution in [0, 0.1) is 0 Å². The Bertz CT molecular complexity index is 1070. The highest BCUT2D eigenvalue weighted by atomic mass is 16.5. The number of hydrogen-bond donors (Lipinski definition) is 1. The van der Waals surface area contributed by atoms with Gasteiger partial charge in [0.15, 0.2) is 5.82 Å². The minimum Gasteiger partial charge on any atom is -0.384 e. The van der Waals surface area contributed by atoms with E-state index in [0.29, 0.717) is 30.7 Å². The highest BCUT2D eigenvalue weighted by molar-refractivity contribution is 5.59. The molecule has 0 amide bonds. The molecule has 9 heteroatoms. The van der Waals surface area contributed by atoms with E-state index in [9.17, 15) is 0 Å². The summed E-state index contributed by atoms with van der Waals surface area (Å²) in [5, 5.41) is 8.40. The fraction of sp³-hybridized carbons (Fsp3) is 0.250. The Labute approximate surface area is 167 Å². The highest BCUT2D eigenvalue weighted by Gasteiger charge is 2.18. The molecule has 0 aromatic carbocycles. The van der Waals surface area contributed by atoms with Gasteiger partial charge in [-0.15, -0.1) is 0 Å². The number of nitrogens with two attached hydrogens (primary N) is 1. The summed E-state index contributed by atoms with van der Waals surface area (Å²) < 4.78 is 12.3. The molecule has 0 bridgehead atoms. The number of nitrogen functional groups attached to an aromatic ring is 1. The minimum absolute atomic E-state index is 0.0675. The summed E-state index contributed by atoms with van der Waals surface area (Å²) in [5.74, 6) is 1.44. The predicted octanol–water partition coefficient (Wildman–Crippen LogP) is 2.77. The third kappa shape index (κ3) is 4.14. The quantitative estimate of drug-likeness (QED) is 0.511. The maximum absolute atomic E-state index is 5.63. The van der Waals surface area contributed by atoms with Crippen molar-refractivity contribution < 1.29 is 9.26 Å². The largest absolute Gasteiger partial charge is 0.384 e. The highest BCUT2D eigenvalue weighted by Crippen LogP contribution is 2.26. The Morgan fingerprint density at radius 2 is 2.00 bits per heavy atom. The van der Waals surface area contributed by atoms with Gasteiger partial charge in [-0.05, 0) is 23.8 Å². The Balaban J connectivity index is 1.49. The number of methoxy groups -OCH3 is 1. The van der Waals surface area contributed by atoms with Gasteiger partial charge in [0.1, 0.15) is 5.82 Å². The van der Waals surface area contributed by atoms with Crippen molar-refractivity contribution in [3.63, 3.8) is 0 Å². The molecule has 4 rings (SSSR count). The first-order valence-corrected chi connectivity index (χ1v) is 9.17. The van der Waals surface area contributed by atoms with Gasteiger partial charge in [0.25, 0.3) is 5.89 Å². The lowest BCUT2D eigenvalue weighted by molar-refractivity contribution is 0.183. The number of ether oxygens (including phenoxy) is 1. The summed E-state index contributed by atoms with van der Waals surface area (Å²) >= 11 is 0. The van der Waals surface area contributed by atoms with Gasteiger partial charge in [0.05, 0.1) is 30.6 Å². The van der Waals surface area contributed by atoms with Crippen molar-refractivity contribution >= 4 is 5.82 Å². The summed E-state index contributed by atoms with van der Waals surface area (Å²) in [6.45, 7) is 3.26. The van der Waals surface area contributed by atoms with Gasteiger partial charge in [0, 0.05) is 37.2 Å². The molecule has 4 aromatic rings. The van der Waals surface area contributed by atoms with Crippen molar-refractivity contribution in [1.82, 2.24) is 29.9 Å². The van der Waals surface area contributed by atoms with Crippen LogP contribution in [-0.4, -0.2) is 43.6 Å². The van der Waals surface area contributed by atoms with E-state index in [1.54, 1.807) is 30.3 Å². The van der Waals surface area contributed by atoms with E-state index in [0.717, 1.165) is 22.4 Å². The molecule has 2 N–H and O–H groups in total. The average Bonchev–Trinajstić information content (AvgIpc) is 3.42. The van der Waals surface area contributed by atoms with Crippen LogP contribution in [0.2, 0.25) is 0 Å². The van der Waals surface area contributed by atoms with Gasteiger partial charge in [-0.1, -0.05) is 18.1 Å². The van der Waals surface area contributed by atoms with Crippen LogP contribution in [0.25, 0.3) is 22.7 Å². The van der Waals surface area contributed by atoms with E-state index < -0.39 is 0 Å². The summed E-state index contributed by atoms with van der Waals surface area (Å²) in [5.41, 5.74) is 9.13. The number of nitrogens with zero attached hydrogens (tertiary/aromatic N) is 6. The van der Waals surface area contributed by atoms with E-state index >= 15 is 0 Å². The molecule has 1 unspecified atom stereocenters. The molecule has 0 saturated heterocycles. The van der Waals surface area contributed by atoms with Gasteiger partial charge in [-0.2, -0.15) is 10.1 Å². The standard InChI is InChI=1S/C20H21N7O2/c1-13(14-3-5-17(22-9-14)15-4-6-18(21)23-10-15)19-25-20(29-26-19)16-11-24-27(12-16)7-8-28-2/h3-6,9-13H,7-8H2,1-2H3,(H2,21,23). The topological polar surface area (TPSA) is 118 Å². The summed E-state index contributed by atoms with van der Waals surface area (Å²) in [4.78, 5) is 13.2. The van der Waals surface area contributed by atoms with Gasteiger partial charge in [-0.25, -0.2) is 4.98 Å². The van der Waals surface area contributed by atoms with Crippen LogP contribution in [-0.2, 0) is 11.3 Å². The second kappa shape index (κ2) is 8.19. The van der Waals surface area contributed by atoms with Crippen molar-refractivity contribution in [3.8, 4) is 22.7 Å². The maximum Gasteiger partial charge on any atom is 0.261 e. The lowest BCUT2D eigenvalue weighted by Gasteiger charge is -2.08. The molecule has 4 heterocycles. The van der Waals surface area contributed by atoms with Crippen LogP contribution in [0.15, 0.2) is 53.6 Å². The fourth-order valence-electron chi connectivity index (χ4n) is 2.85. The van der Waals surface area contributed by atoms with E-state index in [1.807, 2.05) is 37.5 Å². The molecule has 148 valence electrons. The van der Waals surface area contributed by atoms with E-state index in [2.05, 4.69) is 25.2 Å². The molecule has 0 saturated carbocycles. The number of rotatable bonds is 7. The molecule has 0 fully saturated rings. The van der Waals surface area contributed by atoms with Crippen molar-refractivity contribution in [2.24, 2.45) is 0 Å². The molecule has 0 aliphatic carbocycles. The summed E-state index contributed by atoms with van der Waals surface area (Å²) in [7, 11) is 1.66. The number of hydrogen-bond acceptors (Lipinski definition) is 8. The lowest BCUT2D eigenvalue weighted by atomic mass is 10.0. The van der Waals surface area contributed by atoms with E-state index in [1.165, 1.54) is 0 Å². The zero-order chi connectivity index (χ0) is 20.2. The fourth-order valence-corrected chi connectivity index (χ4v) is 2.85. The second-order valence-electron chi connectivity index (χ2n) is 6.61. The molecular formula is C20H21N7O2. The monoisotopic (exact) mass is 391 g/mol. The SMILES string of the molecule is COCCn1cc(-c2nc(C(C)c3ccc(-c4ccc(N)nc4)nc3)no2)cn1. The first kappa shape index (κ1) is 18.8. The van der Waals surface area contributed by atoms with Crippen molar-refractivity contribution in [2.45, 2.75) is 19.4 Å². The zero-order valence-corrected chi connectivity index (χ0v) is 16.2. The molecular weight excluding hydrogens is 370 g/mol. The molecule has 9 nitrogen and oxygen atoms in total. The smallest absolute Gasteiger partial charge is 0.261 e. The molecule has 29 heavy (non-hydrogen) atoms. The summed E-state index contributed by atoms with van der Waals surface area (Å²) in [6, 6.07) is 7.60. The third-order valence-electron chi connectivity index (χ3n) is 4.60. The zero-order valence-electron chi connectivity index (χ0n) is 16.2. The molecule has 0 aliphatic heterocycles. The van der Waals surface area contributed by atoms with Gasteiger partial charge < -0.3 is 15.0 Å². The average molecular weight is 391 g/mol. The first-order valence-electron chi connectivity index (χ1n) is 9.17. The number of aromatic nitrogens is 6. The Hall–Kier alpha value is -3.59. The molecule has 0 aliphatic rings. The predicted molar refractivity (Wildman–Crippen MR) is 107 cm³/mol. The normalized spacial score (nSPS) is 12.2. The first-order chi connectivity index (χ1) is 14.1. The van der Waals surface area contributed by atoms with Crippen molar-refractivity contribution in [1.29, 1.82) is 0 Å². The molecule has 1 atom stereocenters. The van der Waals surface area contributed by atoms with E-state index in [-0.39, 0.29) is 5.92 Å². The maximum atomic E-state index is 5.63. The van der Waals surface area contributed by atoms with Crippen LogP contribution < -0.4 is 5.73 Å². The van der Waals surface area contributed by atoms with Crippen LogP contribution in [0.3, 0.4) is 0 Å². The number of pyridine rings is 2. The molecule has 0 spiro atoms. The van der Waals surface area contributed by atoms with Gasteiger partial charge >= 0.3 is 0 Å². The Morgan fingerprint density at radius 1 is 1.10 bits per heavy atom. The Morgan fingerprint density at radius 3 is 2.72 bits per heavy atom. The van der Waals surface area contributed by atoms with Crippen LogP contribution >= 0.6 is 0 Å². The van der Waals surface area contributed by atoms with Crippen LogP contribution in [0.1, 0.15) is 24.2 Å². The van der Waals surface area contributed by atoms with Crippen LogP contribution in [0.5, 0.6) is 0 Å². The minimum atomic E-state index is -0.0675. The van der Waals surface area contributed by atoms with Crippen LogP contribution in [0.4, 0.5) is 5.82 Å². The van der Waals surface area contributed by atoms with E-state index in [4.69, 9.17) is 15.0 Å². The lowest BCUT2D eigenvalue weighted by Crippen LogP contribution is -2.03. The van der Waals surface area contributed by atoms with Gasteiger partial charge in [0.2, 0.25) is 0 Å². The van der Waals surface area contributed by atoms with Crippen molar-refractivity contribution in [2.75, 3.05) is 19.5 Å². The third-order valence-corrected chi connectivity index (χ3v) is 4.60. The molecule has 0 radical (unpaired) electrons.